The number of hydrogen-bond acceptors (Lipinski definition) is 6. The maximum absolute atomic E-state index is 13.7. The molecule has 2 N–H and O–H groups in total. The third-order valence-electron chi connectivity index (χ3n) is 6.60. The summed E-state index contributed by atoms with van der Waals surface area (Å²) in [5.74, 6) is -0.352. The zero-order valence-corrected chi connectivity index (χ0v) is 20.7. The molecule has 0 spiro atoms. The van der Waals surface area contributed by atoms with Gasteiger partial charge in [0.15, 0.2) is 0 Å². The van der Waals surface area contributed by atoms with Gasteiger partial charge >= 0.3 is 0 Å². The summed E-state index contributed by atoms with van der Waals surface area (Å²) < 4.78 is 13.7. The van der Waals surface area contributed by atoms with Gasteiger partial charge in [0.2, 0.25) is 0 Å². The Labute approximate surface area is 202 Å². The third-order valence-corrected chi connectivity index (χ3v) is 6.60. The first-order valence-corrected chi connectivity index (χ1v) is 11.4. The number of methoxy groups -OCH3 is 2. The summed E-state index contributed by atoms with van der Waals surface area (Å²) >= 11 is 0. The number of aryl methyl sites for hydroxylation is 2. The Balaban J connectivity index is 2.15. The van der Waals surface area contributed by atoms with Crippen molar-refractivity contribution in [1.82, 2.24) is 9.13 Å². The molecule has 0 amide bonds. The van der Waals surface area contributed by atoms with Crippen LogP contribution in [0, 0.1) is 5.92 Å². The van der Waals surface area contributed by atoms with Gasteiger partial charge in [-0.3, -0.25) is 9.59 Å². The number of pyridine rings is 2. The van der Waals surface area contributed by atoms with E-state index in [1.165, 1.54) is 23.4 Å². The predicted molar refractivity (Wildman–Crippen MR) is 136 cm³/mol. The highest BCUT2D eigenvalue weighted by molar-refractivity contribution is 5.93. The number of hydrogen-bond donors (Lipinski definition) is 2. The lowest BCUT2D eigenvalue weighted by molar-refractivity contribution is 0.414. The molecule has 8 nitrogen and oxygen atoms in total. The second kappa shape index (κ2) is 9.02. The van der Waals surface area contributed by atoms with Gasteiger partial charge in [-0.2, -0.15) is 0 Å². The molecule has 0 saturated carbocycles. The van der Waals surface area contributed by atoms with Gasteiger partial charge in [0.25, 0.3) is 11.1 Å². The van der Waals surface area contributed by atoms with E-state index >= 15 is 0 Å². The number of benzene rings is 2. The molecule has 0 unspecified atom stereocenters. The van der Waals surface area contributed by atoms with Crippen molar-refractivity contribution in [3.63, 3.8) is 0 Å². The average Bonchev–Trinajstić information content (AvgIpc) is 2.84. The van der Waals surface area contributed by atoms with E-state index in [-0.39, 0.29) is 28.5 Å². The molecule has 4 rings (SSSR count). The number of rotatable bonds is 6. The van der Waals surface area contributed by atoms with E-state index in [0.717, 1.165) is 0 Å². The Kier molecular flexibility index (Phi) is 6.23. The van der Waals surface area contributed by atoms with Crippen molar-refractivity contribution in [3.05, 3.63) is 68.2 Å². The summed E-state index contributed by atoms with van der Waals surface area (Å²) in [6.07, 6.45) is 0.358. The Morgan fingerprint density at radius 3 is 1.51 bits per heavy atom. The van der Waals surface area contributed by atoms with Crippen LogP contribution in [0.2, 0.25) is 0 Å². The van der Waals surface area contributed by atoms with Crippen LogP contribution in [0.4, 0.5) is 0 Å². The quantitative estimate of drug-likeness (QED) is 0.434. The monoisotopic (exact) mass is 478 g/mol. The normalized spacial score (nSPS) is 11.7. The van der Waals surface area contributed by atoms with Crippen LogP contribution in [0.25, 0.3) is 21.8 Å². The number of nitrogens with zero attached hydrogens (tertiary/aromatic N) is 2. The fourth-order valence-corrected chi connectivity index (χ4v) is 4.99. The Morgan fingerprint density at radius 2 is 1.17 bits per heavy atom. The van der Waals surface area contributed by atoms with E-state index < -0.39 is 17.0 Å². The van der Waals surface area contributed by atoms with Crippen molar-refractivity contribution in [2.24, 2.45) is 20.0 Å². The first-order valence-electron chi connectivity index (χ1n) is 11.4. The average molecular weight is 479 g/mol. The van der Waals surface area contributed by atoms with Crippen LogP contribution < -0.4 is 20.6 Å². The number of para-hydroxylation sites is 2. The molecular formula is C27H30N2O6. The second-order valence-corrected chi connectivity index (χ2v) is 9.15. The maximum atomic E-state index is 13.7. The van der Waals surface area contributed by atoms with Crippen molar-refractivity contribution >= 4 is 21.8 Å². The lowest BCUT2D eigenvalue weighted by atomic mass is 9.83. The highest BCUT2D eigenvalue weighted by Gasteiger charge is 2.32. The highest BCUT2D eigenvalue weighted by Crippen LogP contribution is 2.43. The van der Waals surface area contributed by atoms with Crippen molar-refractivity contribution in [2.75, 3.05) is 14.2 Å². The van der Waals surface area contributed by atoms with E-state index in [0.29, 0.717) is 39.7 Å². The summed E-state index contributed by atoms with van der Waals surface area (Å²) in [6, 6.07) is 10.3. The van der Waals surface area contributed by atoms with Crippen LogP contribution in [0.1, 0.15) is 37.3 Å². The predicted octanol–water partition coefficient (Wildman–Crippen LogP) is 4.00. The van der Waals surface area contributed by atoms with E-state index in [4.69, 9.17) is 9.47 Å². The molecule has 2 heterocycles. The first-order chi connectivity index (χ1) is 16.6. The summed E-state index contributed by atoms with van der Waals surface area (Å²) in [6.45, 7) is 3.92. The third kappa shape index (κ3) is 3.69. The Hall–Kier alpha value is -3.94. The van der Waals surface area contributed by atoms with E-state index in [1.807, 2.05) is 13.8 Å². The lowest BCUT2D eigenvalue weighted by Gasteiger charge is -2.24. The number of aromatic hydroxyl groups is 2. The molecule has 35 heavy (non-hydrogen) atoms. The minimum atomic E-state index is -0.849. The smallest absolute Gasteiger partial charge is 0.258 e. The molecule has 0 atom stereocenters. The van der Waals surface area contributed by atoms with Gasteiger partial charge < -0.3 is 28.8 Å². The van der Waals surface area contributed by atoms with Gasteiger partial charge in [-0.25, -0.2) is 0 Å². The molecular weight excluding hydrogens is 448 g/mol. The van der Waals surface area contributed by atoms with Gasteiger partial charge in [0.1, 0.15) is 23.0 Å². The largest absolute Gasteiger partial charge is 0.507 e. The van der Waals surface area contributed by atoms with E-state index in [1.54, 1.807) is 50.5 Å². The number of aromatic nitrogens is 2. The minimum Gasteiger partial charge on any atom is -0.507 e. The molecule has 0 saturated heterocycles. The van der Waals surface area contributed by atoms with Gasteiger partial charge in [0.05, 0.1) is 36.4 Å². The molecule has 2 aromatic heterocycles. The molecule has 0 fully saturated rings. The Bertz CT molecular complexity index is 1450. The molecule has 2 aromatic carbocycles. The number of fused-ring (bicyclic) bond motifs is 2. The number of ether oxygens (including phenoxy) is 2. The van der Waals surface area contributed by atoms with Crippen molar-refractivity contribution in [2.45, 2.75) is 26.2 Å². The fourth-order valence-electron chi connectivity index (χ4n) is 4.99. The molecule has 184 valence electrons. The summed E-state index contributed by atoms with van der Waals surface area (Å²) in [4.78, 5) is 27.4. The summed E-state index contributed by atoms with van der Waals surface area (Å²) in [7, 11) is 6.20. The highest BCUT2D eigenvalue weighted by atomic mass is 16.5. The van der Waals surface area contributed by atoms with Crippen LogP contribution in [0.3, 0.4) is 0 Å². The zero-order chi connectivity index (χ0) is 25.6. The van der Waals surface area contributed by atoms with Gasteiger partial charge in [-0.15, -0.1) is 0 Å². The Morgan fingerprint density at radius 1 is 0.771 bits per heavy atom. The van der Waals surface area contributed by atoms with Gasteiger partial charge in [-0.05, 0) is 36.6 Å². The van der Waals surface area contributed by atoms with Crippen molar-refractivity contribution in [3.8, 4) is 23.0 Å². The van der Waals surface area contributed by atoms with Crippen LogP contribution in [0.15, 0.2) is 46.0 Å². The van der Waals surface area contributed by atoms with Crippen LogP contribution >= 0.6 is 0 Å². The molecule has 4 aromatic rings. The fraction of sp³-hybridized carbons (Fsp3) is 0.333. The minimum absolute atomic E-state index is 0.0511. The van der Waals surface area contributed by atoms with Crippen molar-refractivity contribution in [1.29, 1.82) is 0 Å². The maximum Gasteiger partial charge on any atom is 0.258 e. The SMILES string of the molecule is COc1cccc2c(O)c(C(CC(C)C)c3c(O)c4cccc(OC)c4n(C)c3=O)c(=O)n(C)c12. The second-order valence-electron chi connectivity index (χ2n) is 9.15. The summed E-state index contributed by atoms with van der Waals surface area (Å²) in [5, 5.41) is 23.6. The molecule has 0 radical (unpaired) electrons. The topological polar surface area (TPSA) is 103 Å². The van der Waals surface area contributed by atoms with E-state index in [9.17, 15) is 19.8 Å². The molecule has 0 aliphatic heterocycles. The van der Waals surface area contributed by atoms with Gasteiger partial charge in [-0.1, -0.05) is 26.0 Å². The lowest BCUT2D eigenvalue weighted by Crippen LogP contribution is -2.30. The zero-order valence-electron chi connectivity index (χ0n) is 20.7. The summed E-state index contributed by atoms with van der Waals surface area (Å²) in [5.41, 5.74) is 0.109. The van der Waals surface area contributed by atoms with Crippen LogP contribution in [-0.4, -0.2) is 33.6 Å². The molecule has 0 bridgehead atoms. The molecule has 8 heteroatoms. The molecule has 0 aliphatic rings. The van der Waals surface area contributed by atoms with Crippen molar-refractivity contribution < 1.29 is 19.7 Å². The molecule has 0 aliphatic carbocycles. The van der Waals surface area contributed by atoms with E-state index in [2.05, 4.69) is 0 Å². The van der Waals surface area contributed by atoms with Crippen LogP contribution in [-0.2, 0) is 14.1 Å². The standard InChI is InChI=1S/C27H30N2O6/c1-14(2)13-17(20-24(30)15-9-7-11-18(34-5)22(15)28(3)26(20)32)21-25(31)16-10-8-12-19(35-6)23(16)29(4)27(21)33/h7-12,14,17,30-31H,13H2,1-6H3. The first kappa shape index (κ1) is 24.2. The van der Waals surface area contributed by atoms with Crippen LogP contribution in [0.5, 0.6) is 23.0 Å². The van der Waals surface area contributed by atoms with Gasteiger partial charge in [0, 0.05) is 30.8 Å².